The van der Waals surface area contributed by atoms with Gasteiger partial charge in [-0.25, -0.2) is 31.6 Å². The highest BCUT2D eigenvalue weighted by Crippen LogP contribution is 2.43. The van der Waals surface area contributed by atoms with Crippen LogP contribution in [0, 0.1) is 11.3 Å². The van der Waals surface area contributed by atoms with E-state index < -0.39 is 59.3 Å². The second-order valence-corrected chi connectivity index (χ2v) is 10.7. The fraction of sp³-hybridized carbons (Fsp3) is 0.524. The van der Waals surface area contributed by atoms with E-state index in [1.807, 2.05) is 0 Å². The molecule has 35 heavy (non-hydrogen) atoms. The molecule has 4 rings (SSSR count). The average molecular weight is 513 g/mol. The van der Waals surface area contributed by atoms with Gasteiger partial charge in [-0.05, 0) is 25.5 Å². The smallest absolute Gasteiger partial charge is 0.260 e. The van der Waals surface area contributed by atoms with Crippen LogP contribution in [0.4, 0.5) is 19.1 Å². The number of nitrogens with zero attached hydrogens (tertiary/aromatic N) is 5. The van der Waals surface area contributed by atoms with Gasteiger partial charge in [-0.15, -0.1) is 0 Å². The maximum Gasteiger partial charge on any atom is 0.260 e. The fourth-order valence-corrected chi connectivity index (χ4v) is 5.56. The van der Waals surface area contributed by atoms with Crippen LogP contribution in [0.3, 0.4) is 0 Å². The Morgan fingerprint density at radius 1 is 1.34 bits per heavy atom. The minimum absolute atomic E-state index is 0.0106. The van der Waals surface area contributed by atoms with Crippen LogP contribution in [-0.2, 0) is 10.0 Å². The Hall–Kier alpha value is -3.02. The molecule has 1 saturated heterocycles. The van der Waals surface area contributed by atoms with E-state index in [9.17, 15) is 32.0 Å². The topological polar surface area (TPSA) is 141 Å². The predicted octanol–water partition coefficient (Wildman–Crippen LogP) is 1.88. The normalized spacial score (nSPS) is 28.9. The lowest BCUT2D eigenvalue weighted by Crippen LogP contribution is -2.50. The molecule has 2 aromatic heterocycles. The third-order valence-corrected chi connectivity index (χ3v) is 7.76. The molecule has 1 aliphatic carbocycles. The first-order valence-corrected chi connectivity index (χ1v) is 12.2. The zero-order valence-corrected chi connectivity index (χ0v) is 19.4. The summed E-state index contributed by atoms with van der Waals surface area (Å²) >= 11 is 0. The summed E-state index contributed by atoms with van der Waals surface area (Å²) in [4.78, 5) is 11.8. The lowest BCUT2D eigenvalue weighted by atomic mass is 10.0. The average Bonchev–Trinajstić information content (AvgIpc) is 3.01. The van der Waals surface area contributed by atoms with Crippen LogP contribution in [0.15, 0.2) is 35.6 Å². The minimum Gasteiger partial charge on any atom is -0.470 e. The summed E-state index contributed by atoms with van der Waals surface area (Å²) in [7, 11) is -3.96. The van der Waals surface area contributed by atoms with Crippen LogP contribution < -0.4 is 10.1 Å². The van der Waals surface area contributed by atoms with E-state index in [4.69, 9.17) is 4.74 Å². The maximum absolute atomic E-state index is 14.9. The van der Waals surface area contributed by atoms with Crippen LogP contribution in [0.2, 0.25) is 0 Å². The highest BCUT2D eigenvalue weighted by Gasteiger charge is 2.54. The number of alkyl halides is 3. The molecule has 2 aliphatic rings. The Labute approximate surface area is 199 Å². The monoisotopic (exact) mass is 512 g/mol. The van der Waals surface area contributed by atoms with Gasteiger partial charge in [-0.3, -0.25) is 0 Å². The molecule has 0 bridgehead atoms. The molecule has 0 spiro atoms. The van der Waals surface area contributed by atoms with Crippen molar-refractivity contribution in [2.75, 3.05) is 18.4 Å². The summed E-state index contributed by atoms with van der Waals surface area (Å²) in [5.74, 6) is -3.59. The van der Waals surface area contributed by atoms with Crippen molar-refractivity contribution in [2.24, 2.45) is 0 Å². The molecular formula is C21H23F3N6O4S. The second-order valence-electron chi connectivity index (χ2n) is 8.81. The van der Waals surface area contributed by atoms with E-state index in [1.54, 1.807) is 12.1 Å². The van der Waals surface area contributed by atoms with Gasteiger partial charge in [0.15, 0.2) is 5.03 Å². The third-order valence-electron chi connectivity index (χ3n) is 5.98. The molecule has 0 aromatic carbocycles. The van der Waals surface area contributed by atoms with Gasteiger partial charge in [-0.2, -0.15) is 14.6 Å². The van der Waals surface area contributed by atoms with Crippen molar-refractivity contribution in [1.29, 1.82) is 5.26 Å². The Morgan fingerprint density at radius 3 is 2.71 bits per heavy atom. The lowest BCUT2D eigenvalue weighted by molar-refractivity contribution is -0.0406. The van der Waals surface area contributed by atoms with Crippen LogP contribution in [-0.4, -0.2) is 75.7 Å². The molecule has 188 valence electrons. The number of hydrogen-bond donors (Lipinski definition) is 2. The number of ether oxygens (including phenoxy) is 1. The van der Waals surface area contributed by atoms with Gasteiger partial charge < -0.3 is 15.2 Å². The highest BCUT2D eigenvalue weighted by atomic mass is 32.2. The summed E-state index contributed by atoms with van der Waals surface area (Å²) in [6.45, 7) is 0.804. The largest absolute Gasteiger partial charge is 0.470 e. The number of rotatable bonds is 6. The Bertz CT molecular complexity index is 1230. The first-order valence-electron chi connectivity index (χ1n) is 10.8. The SMILES string of the molecule is C[C@@]1(O)CC(F)(F)C[C@@H]1Oc1nc(N[C@H]2CCN(S(=O)(=O)c3ccccn3)C[C@H]2F)ncc1C#N. The summed E-state index contributed by atoms with van der Waals surface area (Å²) in [6, 6.07) is 5.36. The van der Waals surface area contributed by atoms with Crippen molar-refractivity contribution in [3.63, 3.8) is 0 Å². The van der Waals surface area contributed by atoms with E-state index in [1.165, 1.54) is 25.3 Å². The zero-order valence-electron chi connectivity index (χ0n) is 18.6. The third kappa shape index (κ3) is 5.31. The van der Waals surface area contributed by atoms with Gasteiger partial charge in [-0.1, -0.05) is 6.07 Å². The molecule has 1 saturated carbocycles. The van der Waals surface area contributed by atoms with Gasteiger partial charge >= 0.3 is 0 Å². The number of aromatic nitrogens is 3. The lowest BCUT2D eigenvalue weighted by Gasteiger charge is -2.34. The molecular weight excluding hydrogens is 489 g/mol. The van der Waals surface area contributed by atoms with Crippen molar-refractivity contribution >= 4 is 16.0 Å². The molecule has 14 heteroatoms. The zero-order chi connectivity index (χ0) is 25.4. The highest BCUT2D eigenvalue weighted by molar-refractivity contribution is 7.89. The molecule has 1 aliphatic heterocycles. The van der Waals surface area contributed by atoms with E-state index in [2.05, 4.69) is 20.3 Å². The van der Waals surface area contributed by atoms with E-state index in [0.29, 0.717) is 0 Å². The van der Waals surface area contributed by atoms with Crippen molar-refractivity contribution in [3.05, 3.63) is 36.2 Å². The van der Waals surface area contributed by atoms with Crippen molar-refractivity contribution in [2.45, 2.75) is 61.1 Å². The van der Waals surface area contributed by atoms with Crippen molar-refractivity contribution < 1.29 is 31.4 Å². The number of anilines is 1. The number of sulfonamides is 1. The summed E-state index contributed by atoms with van der Waals surface area (Å²) in [6.07, 6.45) is -1.99. The molecule has 0 amide bonds. The molecule has 0 unspecified atom stereocenters. The standard InChI is InChI=1S/C21H23F3N6O4S/c1-20(31)12-21(23,24)8-16(20)34-18-13(9-25)10-27-19(29-18)28-15-5-7-30(11-14(15)22)35(32,33)17-4-2-3-6-26-17/h2-4,6,10,14-16,31H,5,7-8,11-12H2,1H3,(H,27,28,29)/t14-,15+,16+,20-/m1/s1. The van der Waals surface area contributed by atoms with Crippen LogP contribution in [0.5, 0.6) is 5.88 Å². The number of nitriles is 1. The first kappa shape index (κ1) is 25.1. The molecule has 2 fully saturated rings. The predicted molar refractivity (Wildman–Crippen MR) is 116 cm³/mol. The van der Waals surface area contributed by atoms with Gasteiger partial charge in [0.25, 0.3) is 15.9 Å². The Kier molecular flexibility index (Phi) is 6.60. The van der Waals surface area contributed by atoms with Crippen LogP contribution >= 0.6 is 0 Å². The van der Waals surface area contributed by atoms with Gasteiger partial charge in [0.05, 0.1) is 18.7 Å². The summed E-state index contributed by atoms with van der Waals surface area (Å²) in [5.41, 5.74) is -1.99. The number of halogens is 3. The summed E-state index contributed by atoms with van der Waals surface area (Å²) < 4.78 is 74.4. The van der Waals surface area contributed by atoms with E-state index in [-0.39, 0.29) is 35.4 Å². The van der Waals surface area contributed by atoms with E-state index >= 15 is 0 Å². The van der Waals surface area contributed by atoms with Crippen LogP contribution in [0.25, 0.3) is 0 Å². The number of piperidine rings is 1. The van der Waals surface area contributed by atoms with Gasteiger partial charge in [0.2, 0.25) is 11.8 Å². The van der Waals surface area contributed by atoms with Crippen molar-refractivity contribution in [1.82, 2.24) is 19.3 Å². The maximum atomic E-state index is 14.9. The molecule has 3 heterocycles. The number of nitrogens with one attached hydrogen (secondary N) is 1. The van der Waals surface area contributed by atoms with Gasteiger partial charge in [0.1, 0.15) is 29.5 Å². The van der Waals surface area contributed by atoms with Crippen molar-refractivity contribution in [3.8, 4) is 11.9 Å². The fourth-order valence-electron chi connectivity index (χ4n) is 4.16. The summed E-state index contributed by atoms with van der Waals surface area (Å²) in [5, 5.41) is 22.2. The minimum atomic E-state index is -3.96. The molecule has 0 radical (unpaired) electrons. The molecule has 10 nitrogen and oxygen atoms in total. The molecule has 2 aromatic rings. The number of hydrogen-bond acceptors (Lipinski definition) is 9. The molecule has 2 N–H and O–H groups in total. The number of aliphatic hydroxyl groups is 1. The number of pyridine rings is 1. The van der Waals surface area contributed by atoms with Gasteiger partial charge in [0, 0.05) is 25.7 Å². The first-order chi connectivity index (χ1) is 16.4. The quantitative estimate of drug-likeness (QED) is 0.593. The second kappa shape index (κ2) is 9.21. The Morgan fingerprint density at radius 2 is 2.11 bits per heavy atom. The van der Waals surface area contributed by atoms with Crippen LogP contribution in [0.1, 0.15) is 31.7 Å². The molecule has 4 atom stereocenters. The Balaban J connectivity index is 1.46. The van der Waals surface area contributed by atoms with E-state index in [0.717, 1.165) is 10.5 Å².